The number of para-hydroxylation sites is 1. The van der Waals surface area contributed by atoms with Crippen molar-refractivity contribution in [2.75, 3.05) is 4.90 Å². The van der Waals surface area contributed by atoms with Gasteiger partial charge in [0, 0.05) is 33.1 Å². The third-order valence-corrected chi connectivity index (χ3v) is 9.28. The molecule has 0 amide bonds. The van der Waals surface area contributed by atoms with Crippen LogP contribution in [0.1, 0.15) is 0 Å². The van der Waals surface area contributed by atoms with Crippen LogP contribution >= 0.6 is 0 Å². The average Bonchev–Trinajstić information content (AvgIpc) is 3.55. The molecule has 48 heavy (non-hydrogen) atoms. The molecule has 0 aliphatic carbocycles. The second-order valence-electron chi connectivity index (χ2n) is 12.2. The minimum absolute atomic E-state index is 0.884. The fraction of sp³-hybridized carbons (Fsp3) is 0. The summed E-state index contributed by atoms with van der Waals surface area (Å²) in [4.78, 5) is 2.37. The Hall–Kier alpha value is -6.38. The van der Waals surface area contributed by atoms with E-state index in [0.29, 0.717) is 0 Å². The molecule has 0 bridgehead atoms. The third-order valence-electron chi connectivity index (χ3n) is 9.28. The van der Waals surface area contributed by atoms with E-state index in [4.69, 9.17) is 4.42 Å². The molecule has 0 radical (unpaired) electrons. The second-order valence-corrected chi connectivity index (χ2v) is 12.2. The maximum absolute atomic E-state index is 6.50. The lowest BCUT2D eigenvalue weighted by Crippen LogP contribution is -2.11. The molecule has 0 saturated heterocycles. The molecule has 0 atom stereocenters. The van der Waals surface area contributed by atoms with E-state index in [-0.39, 0.29) is 0 Å². The van der Waals surface area contributed by atoms with Crippen LogP contribution in [-0.2, 0) is 0 Å². The van der Waals surface area contributed by atoms with Crippen LogP contribution in [0, 0.1) is 0 Å². The molecule has 0 spiro atoms. The van der Waals surface area contributed by atoms with E-state index in [2.05, 4.69) is 193 Å². The Morgan fingerprint density at radius 1 is 0.354 bits per heavy atom. The molecular formula is C46H31NO. The molecule has 8 aromatic carbocycles. The number of hydrogen-bond acceptors (Lipinski definition) is 2. The summed E-state index contributed by atoms with van der Waals surface area (Å²) in [5.74, 6) is 0. The van der Waals surface area contributed by atoms with Gasteiger partial charge in [0.1, 0.15) is 11.2 Å². The van der Waals surface area contributed by atoms with Crippen LogP contribution in [0.15, 0.2) is 192 Å². The second kappa shape index (κ2) is 11.8. The maximum Gasteiger partial charge on any atom is 0.143 e. The minimum Gasteiger partial charge on any atom is -0.455 e. The highest BCUT2D eigenvalue weighted by atomic mass is 16.3. The van der Waals surface area contributed by atoms with Crippen molar-refractivity contribution in [3.05, 3.63) is 188 Å². The molecule has 0 unspecified atom stereocenters. The van der Waals surface area contributed by atoms with Gasteiger partial charge < -0.3 is 9.32 Å². The molecule has 0 fully saturated rings. The van der Waals surface area contributed by atoms with E-state index in [1.165, 1.54) is 27.6 Å². The number of rotatable bonds is 6. The first-order valence-electron chi connectivity index (χ1n) is 16.3. The minimum atomic E-state index is 0.884. The fourth-order valence-corrected chi connectivity index (χ4v) is 6.88. The average molecular weight is 614 g/mol. The van der Waals surface area contributed by atoms with Crippen LogP contribution in [-0.4, -0.2) is 0 Å². The van der Waals surface area contributed by atoms with E-state index in [1.54, 1.807) is 0 Å². The quantitative estimate of drug-likeness (QED) is 0.185. The van der Waals surface area contributed by atoms with Crippen molar-refractivity contribution < 1.29 is 4.42 Å². The first kappa shape index (κ1) is 27.9. The number of benzene rings is 8. The van der Waals surface area contributed by atoms with Gasteiger partial charge in [0.25, 0.3) is 0 Å². The number of nitrogens with zero attached hydrogens (tertiary/aromatic N) is 1. The Morgan fingerprint density at radius 3 is 1.65 bits per heavy atom. The van der Waals surface area contributed by atoms with Gasteiger partial charge in [-0.3, -0.25) is 0 Å². The van der Waals surface area contributed by atoms with Crippen molar-refractivity contribution in [2.24, 2.45) is 0 Å². The van der Waals surface area contributed by atoms with E-state index < -0.39 is 0 Å². The molecule has 0 aliphatic rings. The predicted octanol–water partition coefficient (Wildman–Crippen LogP) is 13.2. The molecule has 1 heterocycles. The molecule has 2 heteroatoms. The van der Waals surface area contributed by atoms with Gasteiger partial charge in [0.15, 0.2) is 0 Å². The van der Waals surface area contributed by atoms with Gasteiger partial charge in [-0.1, -0.05) is 146 Å². The van der Waals surface area contributed by atoms with Gasteiger partial charge in [0.05, 0.1) is 5.69 Å². The Kier molecular flexibility index (Phi) is 6.84. The van der Waals surface area contributed by atoms with E-state index in [0.717, 1.165) is 55.5 Å². The van der Waals surface area contributed by atoms with Crippen LogP contribution in [0.3, 0.4) is 0 Å². The fourth-order valence-electron chi connectivity index (χ4n) is 6.88. The molecule has 0 N–H and O–H groups in total. The van der Waals surface area contributed by atoms with Gasteiger partial charge in [-0.2, -0.15) is 0 Å². The first-order valence-corrected chi connectivity index (χ1v) is 16.3. The van der Waals surface area contributed by atoms with Crippen LogP contribution in [0.4, 0.5) is 17.1 Å². The zero-order valence-electron chi connectivity index (χ0n) is 26.3. The van der Waals surface area contributed by atoms with Crippen molar-refractivity contribution in [1.29, 1.82) is 0 Å². The number of anilines is 3. The zero-order valence-corrected chi connectivity index (χ0v) is 26.3. The van der Waals surface area contributed by atoms with Crippen molar-refractivity contribution in [2.45, 2.75) is 0 Å². The van der Waals surface area contributed by atoms with Gasteiger partial charge in [0.2, 0.25) is 0 Å². The number of fused-ring (bicyclic) bond motifs is 5. The first-order chi connectivity index (χ1) is 23.8. The monoisotopic (exact) mass is 613 g/mol. The van der Waals surface area contributed by atoms with E-state index in [1.807, 2.05) is 0 Å². The molecule has 9 rings (SSSR count). The molecule has 2 nitrogen and oxygen atoms in total. The Morgan fingerprint density at radius 2 is 0.917 bits per heavy atom. The smallest absolute Gasteiger partial charge is 0.143 e. The van der Waals surface area contributed by atoms with Crippen LogP contribution in [0.5, 0.6) is 0 Å². The molecule has 0 aliphatic heterocycles. The summed E-state index contributed by atoms with van der Waals surface area (Å²) in [5.41, 5.74) is 12.2. The third kappa shape index (κ3) is 4.92. The summed E-state index contributed by atoms with van der Waals surface area (Å²) in [7, 11) is 0. The Labute approximate surface area is 279 Å². The van der Waals surface area contributed by atoms with Crippen molar-refractivity contribution in [1.82, 2.24) is 0 Å². The largest absolute Gasteiger partial charge is 0.455 e. The van der Waals surface area contributed by atoms with Gasteiger partial charge in [-0.25, -0.2) is 0 Å². The zero-order chi connectivity index (χ0) is 31.9. The highest BCUT2D eigenvalue weighted by Crippen LogP contribution is 2.44. The molecule has 1 aromatic heterocycles. The number of furan rings is 1. The SMILES string of the molecule is c1ccc(-c2ccc(-c3ccccc3N(c3ccc(-c4ccccc4)cc3)c3ccc4oc5c6ccccc6ccc5c4c3)cc2)cc1. The summed E-state index contributed by atoms with van der Waals surface area (Å²) in [6.07, 6.45) is 0. The number of hydrogen-bond donors (Lipinski definition) is 0. The maximum atomic E-state index is 6.50. The van der Waals surface area contributed by atoms with Gasteiger partial charge >= 0.3 is 0 Å². The van der Waals surface area contributed by atoms with Crippen molar-refractivity contribution >= 4 is 49.8 Å². The summed E-state index contributed by atoms with van der Waals surface area (Å²) < 4.78 is 6.50. The van der Waals surface area contributed by atoms with E-state index in [9.17, 15) is 0 Å². The van der Waals surface area contributed by atoms with Crippen LogP contribution < -0.4 is 4.90 Å². The molecule has 9 aromatic rings. The summed E-state index contributed by atoms with van der Waals surface area (Å²) in [6, 6.07) is 66.9. The summed E-state index contributed by atoms with van der Waals surface area (Å²) in [6.45, 7) is 0. The van der Waals surface area contributed by atoms with Crippen LogP contribution in [0.2, 0.25) is 0 Å². The lowest BCUT2D eigenvalue weighted by molar-refractivity contribution is 0.672. The summed E-state index contributed by atoms with van der Waals surface area (Å²) >= 11 is 0. The van der Waals surface area contributed by atoms with E-state index >= 15 is 0 Å². The highest BCUT2D eigenvalue weighted by Gasteiger charge is 2.19. The van der Waals surface area contributed by atoms with Crippen molar-refractivity contribution in [3.8, 4) is 33.4 Å². The van der Waals surface area contributed by atoms with Gasteiger partial charge in [-0.15, -0.1) is 0 Å². The Balaban J connectivity index is 1.21. The molecule has 226 valence electrons. The summed E-state index contributed by atoms with van der Waals surface area (Å²) in [5, 5.41) is 4.53. The lowest BCUT2D eigenvalue weighted by Gasteiger charge is -2.28. The lowest BCUT2D eigenvalue weighted by atomic mass is 9.98. The standard InChI is InChI=1S/C46H31NO/c1-3-11-32(12-4-1)34-19-21-37(22-20-34)40-16-9-10-18-44(40)47(38-26-23-35(24-27-38)33-13-5-2-6-14-33)39-28-30-45-43(31-39)42-29-25-36-15-7-8-17-41(36)46(42)48-45/h1-31H. The van der Waals surface area contributed by atoms with Crippen LogP contribution in [0.25, 0.3) is 66.1 Å². The van der Waals surface area contributed by atoms with Crippen molar-refractivity contribution in [3.63, 3.8) is 0 Å². The van der Waals surface area contributed by atoms with Gasteiger partial charge in [-0.05, 0) is 75.7 Å². The normalized spacial score (nSPS) is 11.3. The topological polar surface area (TPSA) is 16.4 Å². The highest BCUT2D eigenvalue weighted by molar-refractivity contribution is 6.15. The molecule has 0 saturated carbocycles. The predicted molar refractivity (Wildman–Crippen MR) is 202 cm³/mol. The molecular weight excluding hydrogens is 583 g/mol. The Bertz CT molecular complexity index is 2530.